The van der Waals surface area contributed by atoms with Crippen molar-refractivity contribution in [1.29, 1.82) is 0 Å². The SMILES string of the molecule is CCCOc1cccc(-c2nc(C)c(I)c(NC)n2)c1. The van der Waals surface area contributed by atoms with Crippen LogP contribution in [0.3, 0.4) is 0 Å². The van der Waals surface area contributed by atoms with Crippen LogP contribution >= 0.6 is 22.6 Å². The molecule has 0 fully saturated rings. The van der Waals surface area contributed by atoms with E-state index >= 15 is 0 Å². The fraction of sp³-hybridized carbons (Fsp3) is 0.333. The lowest BCUT2D eigenvalue weighted by Crippen LogP contribution is -2.03. The van der Waals surface area contributed by atoms with Crippen LogP contribution < -0.4 is 10.1 Å². The Morgan fingerprint density at radius 3 is 2.80 bits per heavy atom. The van der Waals surface area contributed by atoms with Crippen molar-refractivity contribution in [2.75, 3.05) is 19.0 Å². The number of hydrogen-bond acceptors (Lipinski definition) is 4. The third kappa shape index (κ3) is 3.39. The van der Waals surface area contributed by atoms with Crippen LogP contribution in [0.25, 0.3) is 11.4 Å². The van der Waals surface area contributed by atoms with Gasteiger partial charge in [0.25, 0.3) is 0 Å². The summed E-state index contributed by atoms with van der Waals surface area (Å²) in [6.45, 7) is 4.80. The van der Waals surface area contributed by atoms with Gasteiger partial charge in [-0.1, -0.05) is 19.1 Å². The minimum Gasteiger partial charge on any atom is -0.494 e. The van der Waals surface area contributed by atoms with Crippen molar-refractivity contribution in [2.45, 2.75) is 20.3 Å². The van der Waals surface area contributed by atoms with E-state index in [1.807, 2.05) is 38.2 Å². The normalized spacial score (nSPS) is 10.4. The van der Waals surface area contributed by atoms with Gasteiger partial charge in [-0.3, -0.25) is 0 Å². The highest BCUT2D eigenvalue weighted by Gasteiger charge is 2.10. The number of benzene rings is 1. The Labute approximate surface area is 133 Å². The van der Waals surface area contributed by atoms with Gasteiger partial charge in [0.15, 0.2) is 5.82 Å². The van der Waals surface area contributed by atoms with Crippen molar-refractivity contribution in [3.63, 3.8) is 0 Å². The van der Waals surface area contributed by atoms with Crippen molar-refractivity contribution in [2.24, 2.45) is 0 Å². The number of anilines is 1. The van der Waals surface area contributed by atoms with Gasteiger partial charge in [-0.15, -0.1) is 0 Å². The van der Waals surface area contributed by atoms with Gasteiger partial charge in [0.05, 0.1) is 15.9 Å². The van der Waals surface area contributed by atoms with Crippen LogP contribution in [0, 0.1) is 10.5 Å². The molecule has 0 spiro atoms. The van der Waals surface area contributed by atoms with E-state index in [9.17, 15) is 0 Å². The lowest BCUT2D eigenvalue weighted by molar-refractivity contribution is 0.317. The molecule has 1 aromatic heterocycles. The molecule has 0 bridgehead atoms. The second-order valence-corrected chi connectivity index (χ2v) is 5.50. The second-order valence-electron chi connectivity index (χ2n) is 4.42. The molecule has 1 N–H and O–H groups in total. The maximum Gasteiger partial charge on any atom is 0.161 e. The van der Waals surface area contributed by atoms with E-state index in [0.29, 0.717) is 5.82 Å². The zero-order valence-corrected chi connectivity index (χ0v) is 14.1. The Kier molecular flexibility index (Phi) is 5.17. The number of rotatable bonds is 5. The zero-order chi connectivity index (χ0) is 14.5. The summed E-state index contributed by atoms with van der Waals surface area (Å²) in [7, 11) is 1.87. The first-order valence-corrected chi connectivity index (χ1v) is 7.68. The van der Waals surface area contributed by atoms with Crippen LogP contribution in [0.1, 0.15) is 19.0 Å². The lowest BCUT2D eigenvalue weighted by atomic mass is 10.2. The fourth-order valence-corrected chi connectivity index (χ4v) is 2.31. The number of ether oxygens (including phenoxy) is 1. The van der Waals surface area contributed by atoms with Crippen molar-refractivity contribution in [3.05, 3.63) is 33.5 Å². The number of aryl methyl sites for hydroxylation is 1. The van der Waals surface area contributed by atoms with Crippen LogP contribution in [0.2, 0.25) is 0 Å². The van der Waals surface area contributed by atoms with Crippen molar-refractivity contribution in [1.82, 2.24) is 9.97 Å². The topological polar surface area (TPSA) is 47.0 Å². The molecular weight excluding hydrogens is 365 g/mol. The standard InChI is InChI=1S/C15H18IN3O/c1-4-8-20-12-7-5-6-11(9-12)14-18-10(2)13(16)15(17-3)19-14/h5-7,9H,4,8H2,1-3H3,(H,17,18,19). The molecule has 1 heterocycles. The Balaban J connectivity index is 2.38. The number of aromatic nitrogens is 2. The molecule has 0 aliphatic carbocycles. The van der Waals surface area contributed by atoms with E-state index < -0.39 is 0 Å². The Morgan fingerprint density at radius 2 is 2.10 bits per heavy atom. The molecule has 4 nitrogen and oxygen atoms in total. The maximum absolute atomic E-state index is 5.66. The summed E-state index contributed by atoms with van der Waals surface area (Å²) in [5.74, 6) is 2.43. The molecule has 0 amide bonds. The molecule has 0 aliphatic rings. The van der Waals surface area contributed by atoms with Gasteiger partial charge in [0.2, 0.25) is 0 Å². The molecule has 5 heteroatoms. The number of hydrogen-bond donors (Lipinski definition) is 1. The predicted octanol–water partition coefficient (Wildman–Crippen LogP) is 3.89. The van der Waals surface area contributed by atoms with Gasteiger partial charge in [-0.2, -0.15) is 0 Å². The Bertz CT molecular complexity index is 602. The van der Waals surface area contributed by atoms with E-state index in [1.54, 1.807) is 0 Å². The summed E-state index contributed by atoms with van der Waals surface area (Å²) in [4.78, 5) is 9.12. The summed E-state index contributed by atoms with van der Waals surface area (Å²) < 4.78 is 6.70. The minimum absolute atomic E-state index is 0.717. The molecule has 0 saturated heterocycles. The first-order chi connectivity index (χ1) is 9.65. The number of nitrogens with one attached hydrogen (secondary N) is 1. The number of nitrogens with zero attached hydrogens (tertiary/aromatic N) is 2. The van der Waals surface area contributed by atoms with Crippen LogP contribution in [0.4, 0.5) is 5.82 Å². The monoisotopic (exact) mass is 383 g/mol. The van der Waals surface area contributed by atoms with Gasteiger partial charge in [-0.25, -0.2) is 9.97 Å². The molecule has 20 heavy (non-hydrogen) atoms. The fourth-order valence-electron chi connectivity index (χ4n) is 1.80. The summed E-state index contributed by atoms with van der Waals surface area (Å²) in [6.07, 6.45) is 0.993. The summed E-state index contributed by atoms with van der Waals surface area (Å²) in [6, 6.07) is 7.91. The van der Waals surface area contributed by atoms with Gasteiger partial charge in [0, 0.05) is 12.6 Å². The summed E-state index contributed by atoms with van der Waals surface area (Å²) in [5, 5.41) is 3.11. The predicted molar refractivity (Wildman–Crippen MR) is 90.3 cm³/mol. The third-order valence-electron chi connectivity index (χ3n) is 2.82. The lowest BCUT2D eigenvalue weighted by Gasteiger charge is -2.10. The molecule has 0 atom stereocenters. The molecular formula is C15H18IN3O. The van der Waals surface area contributed by atoms with E-state index in [-0.39, 0.29) is 0 Å². The molecule has 0 aliphatic heterocycles. The molecule has 1 aromatic carbocycles. The van der Waals surface area contributed by atoms with Crippen molar-refractivity contribution >= 4 is 28.4 Å². The van der Waals surface area contributed by atoms with Gasteiger partial charge in [0.1, 0.15) is 11.6 Å². The zero-order valence-electron chi connectivity index (χ0n) is 11.9. The average Bonchev–Trinajstić information content (AvgIpc) is 2.48. The summed E-state index contributed by atoms with van der Waals surface area (Å²) >= 11 is 2.25. The minimum atomic E-state index is 0.717. The van der Waals surface area contributed by atoms with Crippen LogP contribution in [0.5, 0.6) is 5.75 Å². The van der Waals surface area contributed by atoms with Crippen LogP contribution in [-0.4, -0.2) is 23.6 Å². The Hall–Kier alpha value is -1.37. The molecule has 2 rings (SSSR count). The highest BCUT2D eigenvalue weighted by molar-refractivity contribution is 14.1. The van der Waals surface area contributed by atoms with Gasteiger partial charge in [-0.05, 0) is 48.1 Å². The molecule has 106 valence electrons. The first kappa shape index (κ1) is 15.0. The first-order valence-electron chi connectivity index (χ1n) is 6.60. The second kappa shape index (κ2) is 6.88. The highest BCUT2D eigenvalue weighted by atomic mass is 127. The van der Waals surface area contributed by atoms with Crippen molar-refractivity contribution < 1.29 is 4.74 Å². The van der Waals surface area contributed by atoms with E-state index in [2.05, 4.69) is 44.8 Å². The van der Waals surface area contributed by atoms with Crippen LogP contribution in [-0.2, 0) is 0 Å². The average molecular weight is 383 g/mol. The smallest absolute Gasteiger partial charge is 0.161 e. The van der Waals surface area contributed by atoms with E-state index in [4.69, 9.17) is 4.74 Å². The van der Waals surface area contributed by atoms with Gasteiger partial charge < -0.3 is 10.1 Å². The molecule has 2 aromatic rings. The number of halogens is 1. The molecule has 0 saturated carbocycles. The third-order valence-corrected chi connectivity index (χ3v) is 4.11. The van der Waals surface area contributed by atoms with Crippen LogP contribution in [0.15, 0.2) is 24.3 Å². The van der Waals surface area contributed by atoms with E-state index in [0.717, 1.165) is 39.4 Å². The quantitative estimate of drug-likeness (QED) is 0.796. The van der Waals surface area contributed by atoms with E-state index in [1.165, 1.54) is 0 Å². The molecule has 0 unspecified atom stereocenters. The maximum atomic E-state index is 5.66. The molecule has 0 radical (unpaired) electrons. The van der Waals surface area contributed by atoms with Gasteiger partial charge >= 0.3 is 0 Å². The van der Waals surface area contributed by atoms with Crippen molar-refractivity contribution in [3.8, 4) is 17.1 Å². The summed E-state index contributed by atoms with van der Waals surface area (Å²) in [5.41, 5.74) is 1.94. The largest absolute Gasteiger partial charge is 0.494 e. The highest BCUT2D eigenvalue weighted by Crippen LogP contribution is 2.25. The Morgan fingerprint density at radius 1 is 1.30 bits per heavy atom.